The molecule has 0 amide bonds. The van der Waals surface area contributed by atoms with Crippen molar-refractivity contribution in [3.05, 3.63) is 11.8 Å². The molecule has 0 rings (SSSR count). The van der Waals surface area contributed by atoms with Crippen molar-refractivity contribution in [3.63, 3.8) is 0 Å². The van der Waals surface area contributed by atoms with E-state index >= 15 is 0 Å². The van der Waals surface area contributed by atoms with Crippen LogP contribution in [0, 0.1) is 0 Å². The van der Waals surface area contributed by atoms with Crippen LogP contribution in [0.2, 0.25) is 0 Å². The molecule has 0 aromatic rings. The summed E-state index contributed by atoms with van der Waals surface area (Å²) >= 11 is 0. The second-order valence-corrected chi connectivity index (χ2v) is 1.77. The molecule has 0 aliphatic rings. The van der Waals surface area contributed by atoms with E-state index < -0.39 is 0 Å². The molecule has 9 heavy (non-hydrogen) atoms. The predicted octanol–water partition coefficient (Wildman–Crippen LogP) is 0.925. The van der Waals surface area contributed by atoms with Crippen molar-refractivity contribution in [1.82, 2.24) is 0 Å². The van der Waals surface area contributed by atoms with Crippen molar-refractivity contribution < 1.29 is 0 Å². The first kappa shape index (κ1) is 7.88. The second kappa shape index (κ2) is 3.83. The van der Waals surface area contributed by atoms with Crippen molar-refractivity contribution in [2.24, 2.45) is 15.9 Å². The number of allylic oxidation sites excluding steroid dienone is 2. The molecule has 0 saturated heterocycles. The van der Waals surface area contributed by atoms with E-state index in [2.05, 4.69) is 16.9 Å². The summed E-state index contributed by atoms with van der Waals surface area (Å²) in [6, 6.07) is 0. The molecule has 0 spiro atoms. The zero-order chi connectivity index (χ0) is 7.28. The Bertz CT molecular complexity index is 152. The van der Waals surface area contributed by atoms with E-state index in [0.717, 1.165) is 11.4 Å². The third kappa shape index (κ3) is 4.74. The molecule has 3 heteroatoms. The Labute approximate surface area is 55.0 Å². The van der Waals surface area contributed by atoms with Gasteiger partial charge in [0.05, 0.1) is 5.71 Å². The van der Waals surface area contributed by atoms with Gasteiger partial charge in [0, 0.05) is 12.4 Å². The largest absolute Gasteiger partial charge is 0.402 e. The fraction of sp³-hybridized carbons (Fsp3) is 0.333. The van der Waals surface area contributed by atoms with Crippen LogP contribution in [0.1, 0.15) is 13.8 Å². The van der Waals surface area contributed by atoms with Gasteiger partial charge in [0.1, 0.15) is 0 Å². The first-order valence-corrected chi connectivity index (χ1v) is 2.61. The van der Waals surface area contributed by atoms with E-state index in [-0.39, 0.29) is 0 Å². The van der Waals surface area contributed by atoms with Gasteiger partial charge in [0.2, 0.25) is 0 Å². The van der Waals surface area contributed by atoms with Gasteiger partial charge in [-0.15, -0.1) is 0 Å². The number of hydrogen-bond donors (Lipinski definition) is 1. The Morgan fingerprint density at radius 3 is 2.44 bits per heavy atom. The predicted molar refractivity (Wildman–Crippen MR) is 40.6 cm³/mol. The summed E-state index contributed by atoms with van der Waals surface area (Å²) in [7, 11) is 0. The third-order valence-corrected chi connectivity index (χ3v) is 0.665. The zero-order valence-electron chi connectivity index (χ0n) is 5.76. The molecule has 2 N–H and O–H groups in total. The van der Waals surface area contributed by atoms with E-state index in [9.17, 15) is 0 Å². The van der Waals surface area contributed by atoms with Crippen LogP contribution in [0.5, 0.6) is 0 Å². The van der Waals surface area contributed by atoms with Gasteiger partial charge in [-0.3, -0.25) is 0 Å². The van der Waals surface area contributed by atoms with Crippen LogP contribution in [-0.4, -0.2) is 12.4 Å². The lowest BCUT2D eigenvalue weighted by atomic mass is 10.3. The maximum Gasteiger partial charge on any atom is 0.0616 e. The van der Waals surface area contributed by atoms with Crippen LogP contribution in [0.15, 0.2) is 22.0 Å². The summed E-state index contributed by atoms with van der Waals surface area (Å²) in [6.45, 7) is 6.80. The van der Waals surface area contributed by atoms with Gasteiger partial charge in [0.15, 0.2) is 0 Å². The molecule has 0 bridgehead atoms. The molecule has 0 aliphatic heterocycles. The smallest absolute Gasteiger partial charge is 0.0616 e. The first-order chi connectivity index (χ1) is 4.16. The van der Waals surface area contributed by atoms with Crippen molar-refractivity contribution in [3.8, 4) is 0 Å². The first-order valence-electron chi connectivity index (χ1n) is 2.61. The molecule has 0 atom stereocenters. The molecule has 0 aliphatic carbocycles. The highest BCUT2D eigenvalue weighted by molar-refractivity contribution is 5.93. The number of rotatable bonds is 2. The van der Waals surface area contributed by atoms with E-state index in [0.29, 0.717) is 0 Å². The monoisotopic (exact) mass is 125 g/mol. The minimum Gasteiger partial charge on any atom is -0.402 e. The lowest BCUT2D eigenvalue weighted by Gasteiger charge is -1.87. The highest BCUT2D eigenvalue weighted by Crippen LogP contribution is 1.84. The highest BCUT2D eigenvalue weighted by atomic mass is 15.2. The normalized spacial score (nSPS) is 13.6. The maximum absolute atomic E-state index is 5.34. The van der Waals surface area contributed by atoms with Crippen LogP contribution in [-0.2, 0) is 0 Å². The maximum atomic E-state index is 5.34. The van der Waals surface area contributed by atoms with Crippen LogP contribution in [0.4, 0.5) is 0 Å². The van der Waals surface area contributed by atoms with Gasteiger partial charge in [-0.05, 0) is 19.9 Å². The van der Waals surface area contributed by atoms with Crippen LogP contribution in [0.3, 0.4) is 0 Å². The Hall–Kier alpha value is -1.12. The van der Waals surface area contributed by atoms with E-state index in [4.69, 9.17) is 5.73 Å². The minimum absolute atomic E-state index is 0.722. The van der Waals surface area contributed by atoms with E-state index in [1.165, 1.54) is 0 Å². The van der Waals surface area contributed by atoms with Gasteiger partial charge in [-0.2, -0.15) is 10.2 Å². The standard InChI is InChI=1S/C6H11N3/c1-5(7)4-6(2)9-8-3/h4H,3,7H2,1-2H3/b5-4+,9-6-. The van der Waals surface area contributed by atoms with Crippen LogP contribution >= 0.6 is 0 Å². The van der Waals surface area contributed by atoms with Gasteiger partial charge < -0.3 is 5.73 Å². The Balaban J connectivity index is 4.05. The summed E-state index contributed by atoms with van der Waals surface area (Å²) in [4.78, 5) is 0. The molecule has 50 valence electrons. The minimum atomic E-state index is 0.722. The van der Waals surface area contributed by atoms with Crippen molar-refractivity contribution in [2.75, 3.05) is 0 Å². The Morgan fingerprint density at radius 1 is 1.56 bits per heavy atom. The summed E-state index contributed by atoms with van der Waals surface area (Å²) in [6.07, 6.45) is 1.73. The molecule has 0 saturated carbocycles. The van der Waals surface area contributed by atoms with E-state index in [1.54, 1.807) is 13.0 Å². The Morgan fingerprint density at radius 2 is 2.11 bits per heavy atom. The summed E-state index contributed by atoms with van der Waals surface area (Å²) in [5.41, 5.74) is 6.83. The SMILES string of the molecule is C=N/N=C(C)\C=C(/C)N. The van der Waals surface area contributed by atoms with E-state index in [1.807, 2.05) is 6.92 Å². The molecule has 0 unspecified atom stereocenters. The number of hydrogen-bond acceptors (Lipinski definition) is 3. The fourth-order valence-corrected chi connectivity index (χ4v) is 0.470. The Kier molecular flexibility index (Phi) is 3.35. The molecular formula is C6H11N3. The fourth-order valence-electron chi connectivity index (χ4n) is 0.470. The summed E-state index contributed by atoms with van der Waals surface area (Å²) < 4.78 is 0. The number of nitrogens with two attached hydrogens (primary N) is 1. The molecule has 3 nitrogen and oxygen atoms in total. The van der Waals surface area contributed by atoms with Crippen LogP contribution in [0.25, 0.3) is 0 Å². The zero-order valence-corrected chi connectivity index (χ0v) is 5.76. The lowest BCUT2D eigenvalue weighted by molar-refractivity contribution is 1.25. The van der Waals surface area contributed by atoms with Crippen LogP contribution < -0.4 is 5.73 Å². The number of nitrogens with zero attached hydrogens (tertiary/aromatic N) is 2. The average Bonchev–Trinajstić information content (AvgIpc) is 1.63. The summed E-state index contributed by atoms with van der Waals surface area (Å²) in [5, 5.41) is 6.97. The lowest BCUT2D eigenvalue weighted by Crippen LogP contribution is -1.94. The molecule has 0 fully saturated rings. The second-order valence-electron chi connectivity index (χ2n) is 1.77. The quantitative estimate of drug-likeness (QED) is 0.433. The molecule has 0 aromatic carbocycles. The van der Waals surface area contributed by atoms with Gasteiger partial charge in [-0.25, -0.2) is 0 Å². The molecule has 0 aromatic heterocycles. The summed E-state index contributed by atoms with van der Waals surface area (Å²) in [5.74, 6) is 0. The molecule has 0 heterocycles. The van der Waals surface area contributed by atoms with Gasteiger partial charge in [0.25, 0.3) is 0 Å². The highest BCUT2D eigenvalue weighted by Gasteiger charge is 1.81. The van der Waals surface area contributed by atoms with Gasteiger partial charge in [-0.1, -0.05) is 0 Å². The van der Waals surface area contributed by atoms with Crippen molar-refractivity contribution >= 4 is 12.4 Å². The van der Waals surface area contributed by atoms with Crippen molar-refractivity contribution in [1.29, 1.82) is 0 Å². The average molecular weight is 125 g/mol. The molecular weight excluding hydrogens is 114 g/mol. The van der Waals surface area contributed by atoms with Gasteiger partial charge >= 0.3 is 0 Å². The molecule has 0 radical (unpaired) electrons. The van der Waals surface area contributed by atoms with Crippen molar-refractivity contribution in [2.45, 2.75) is 13.8 Å². The third-order valence-electron chi connectivity index (χ3n) is 0.665. The topological polar surface area (TPSA) is 50.7 Å².